The summed E-state index contributed by atoms with van der Waals surface area (Å²) in [5.74, 6) is 4.17. The van der Waals surface area contributed by atoms with Crippen molar-refractivity contribution in [1.82, 2.24) is 4.98 Å². The number of hydrogen-bond donors (Lipinski definition) is 1. The Hall–Kier alpha value is -1.22. The van der Waals surface area contributed by atoms with Crippen LogP contribution in [0.4, 0.5) is 4.39 Å². The van der Waals surface area contributed by atoms with Crippen molar-refractivity contribution < 1.29 is 4.39 Å². The lowest BCUT2D eigenvalue weighted by molar-refractivity contribution is -0.103. The number of hydrogen-bond acceptors (Lipinski definition) is 2. The summed E-state index contributed by atoms with van der Waals surface area (Å²) in [5, 5.41) is 0. The van der Waals surface area contributed by atoms with Gasteiger partial charge in [0.2, 0.25) is 0 Å². The highest BCUT2D eigenvalue weighted by Gasteiger charge is 2.58. The monoisotopic (exact) mass is 398 g/mol. The number of rotatable bonds is 1. The lowest BCUT2D eigenvalue weighted by atomic mass is 9.44. The molecule has 2 N–H and O–H groups in total. The zero-order valence-electron chi connectivity index (χ0n) is 18.8. The Morgan fingerprint density at radius 2 is 1.83 bits per heavy atom. The number of aromatic nitrogens is 1. The van der Waals surface area contributed by atoms with Crippen molar-refractivity contribution in [2.75, 3.05) is 7.05 Å². The standard InChI is InChI=1S/C25H34FN.CH5N/c1-16-8-10-24(2)18(12-16)4-5-20-22-7-6-21(17-13-19(26)15-27-14-17)25(22,3)11-9-23(20)24;1-2/h6,13-16,18,20,22-23H,4-5,7-12H2,1-3H3;2H2,1H3. The Morgan fingerprint density at radius 3 is 2.59 bits per heavy atom. The fraction of sp³-hybridized carbons (Fsp3) is 0.731. The average molecular weight is 399 g/mol. The average Bonchev–Trinajstić information content (AvgIpc) is 3.07. The smallest absolute Gasteiger partial charge is 0.142 e. The van der Waals surface area contributed by atoms with Gasteiger partial charge in [0.25, 0.3) is 0 Å². The van der Waals surface area contributed by atoms with E-state index in [2.05, 4.69) is 37.6 Å². The molecule has 29 heavy (non-hydrogen) atoms. The summed E-state index contributed by atoms with van der Waals surface area (Å²) in [6.45, 7) is 7.57. The van der Waals surface area contributed by atoms with E-state index in [0.717, 1.165) is 35.2 Å². The lowest BCUT2D eigenvalue weighted by Gasteiger charge is -2.61. The number of allylic oxidation sites excluding steroid dienone is 2. The summed E-state index contributed by atoms with van der Waals surface area (Å²) >= 11 is 0. The molecule has 2 nitrogen and oxygen atoms in total. The Morgan fingerprint density at radius 1 is 1.03 bits per heavy atom. The van der Waals surface area contributed by atoms with Crippen LogP contribution in [-0.2, 0) is 0 Å². The molecule has 160 valence electrons. The highest BCUT2D eigenvalue weighted by atomic mass is 19.1. The molecule has 0 radical (unpaired) electrons. The van der Waals surface area contributed by atoms with Gasteiger partial charge in [-0.15, -0.1) is 0 Å². The van der Waals surface area contributed by atoms with Crippen LogP contribution in [0.5, 0.6) is 0 Å². The van der Waals surface area contributed by atoms with Crippen LogP contribution in [0, 0.1) is 46.2 Å². The van der Waals surface area contributed by atoms with E-state index in [1.807, 2.05) is 6.20 Å². The van der Waals surface area contributed by atoms with Gasteiger partial charge < -0.3 is 5.73 Å². The number of fused-ring (bicyclic) bond motifs is 5. The molecule has 0 aromatic carbocycles. The van der Waals surface area contributed by atoms with Crippen LogP contribution in [0.2, 0.25) is 0 Å². The summed E-state index contributed by atoms with van der Waals surface area (Å²) in [4.78, 5) is 4.14. The minimum absolute atomic E-state index is 0.210. The molecule has 0 spiro atoms. The first kappa shape index (κ1) is 21.0. The second-order valence-corrected chi connectivity index (χ2v) is 10.7. The maximum absolute atomic E-state index is 13.8. The predicted octanol–water partition coefficient (Wildman–Crippen LogP) is 6.47. The Bertz CT molecular complexity index is 774. The van der Waals surface area contributed by atoms with Crippen molar-refractivity contribution >= 4 is 5.57 Å². The molecule has 1 aromatic rings. The van der Waals surface area contributed by atoms with Crippen LogP contribution in [-0.4, -0.2) is 12.0 Å². The first-order valence-corrected chi connectivity index (χ1v) is 11.8. The number of nitrogens with two attached hydrogens (primary N) is 1. The molecular formula is C26H39FN2. The van der Waals surface area contributed by atoms with Gasteiger partial charge in [-0.3, -0.25) is 4.98 Å². The Labute approximate surface area is 176 Å². The van der Waals surface area contributed by atoms with Gasteiger partial charge in [-0.25, -0.2) is 4.39 Å². The van der Waals surface area contributed by atoms with E-state index in [-0.39, 0.29) is 11.2 Å². The largest absolute Gasteiger partial charge is 0.333 e. The van der Waals surface area contributed by atoms with Crippen LogP contribution in [0.15, 0.2) is 24.5 Å². The fourth-order valence-corrected chi connectivity index (χ4v) is 8.05. The van der Waals surface area contributed by atoms with Crippen molar-refractivity contribution in [3.05, 3.63) is 35.9 Å². The van der Waals surface area contributed by atoms with Gasteiger partial charge in [0.15, 0.2) is 0 Å². The van der Waals surface area contributed by atoms with E-state index in [0.29, 0.717) is 5.41 Å². The van der Waals surface area contributed by atoms with Crippen LogP contribution in [0.3, 0.4) is 0 Å². The van der Waals surface area contributed by atoms with Crippen molar-refractivity contribution in [2.24, 2.45) is 46.2 Å². The zero-order valence-corrected chi connectivity index (χ0v) is 18.8. The molecule has 0 amide bonds. The highest BCUT2D eigenvalue weighted by molar-refractivity contribution is 5.72. The zero-order chi connectivity index (χ0) is 20.8. The van der Waals surface area contributed by atoms with Gasteiger partial charge in [-0.05, 0) is 110 Å². The molecule has 3 heteroatoms. The lowest BCUT2D eigenvalue weighted by Crippen LogP contribution is -2.52. The van der Waals surface area contributed by atoms with Crippen molar-refractivity contribution in [3.8, 4) is 0 Å². The van der Waals surface area contributed by atoms with Gasteiger partial charge in [-0.1, -0.05) is 33.3 Å². The summed E-state index contributed by atoms with van der Waals surface area (Å²) < 4.78 is 13.8. The second kappa shape index (κ2) is 7.80. The van der Waals surface area contributed by atoms with E-state index in [9.17, 15) is 4.39 Å². The van der Waals surface area contributed by atoms with Gasteiger partial charge in [-0.2, -0.15) is 0 Å². The molecule has 3 saturated carbocycles. The molecule has 0 saturated heterocycles. The van der Waals surface area contributed by atoms with Gasteiger partial charge in [0.1, 0.15) is 5.82 Å². The SMILES string of the molecule is CC1CCC2(C)C(CCC3C4CC=C(c5cncc(F)c5)C4(C)CCC32)C1.CN. The maximum atomic E-state index is 13.8. The molecule has 7 atom stereocenters. The third kappa shape index (κ3) is 3.28. The summed E-state index contributed by atoms with van der Waals surface area (Å²) in [6.07, 6.45) is 16.6. The Balaban J connectivity index is 0.000000994. The maximum Gasteiger partial charge on any atom is 0.142 e. The van der Waals surface area contributed by atoms with Gasteiger partial charge in [0, 0.05) is 6.20 Å². The van der Waals surface area contributed by atoms with Crippen LogP contribution in [0.25, 0.3) is 5.57 Å². The van der Waals surface area contributed by atoms with E-state index >= 15 is 0 Å². The molecule has 0 aliphatic heterocycles. The molecule has 7 unspecified atom stereocenters. The minimum Gasteiger partial charge on any atom is -0.333 e. The van der Waals surface area contributed by atoms with Crippen molar-refractivity contribution in [1.29, 1.82) is 0 Å². The Kier molecular flexibility index (Phi) is 5.65. The fourth-order valence-electron chi connectivity index (χ4n) is 8.05. The molecule has 0 bridgehead atoms. The quantitative estimate of drug-likeness (QED) is 0.589. The number of pyridine rings is 1. The van der Waals surface area contributed by atoms with Crippen molar-refractivity contribution in [3.63, 3.8) is 0 Å². The van der Waals surface area contributed by atoms with Gasteiger partial charge in [0.05, 0.1) is 6.20 Å². The molecule has 3 fully saturated rings. The number of nitrogens with zero attached hydrogens (tertiary/aromatic N) is 1. The second-order valence-electron chi connectivity index (χ2n) is 10.7. The van der Waals surface area contributed by atoms with Crippen LogP contribution < -0.4 is 5.73 Å². The topological polar surface area (TPSA) is 38.9 Å². The van der Waals surface area contributed by atoms with Crippen molar-refractivity contribution in [2.45, 2.75) is 72.1 Å². The first-order valence-electron chi connectivity index (χ1n) is 11.8. The van der Waals surface area contributed by atoms with E-state index < -0.39 is 0 Å². The molecular weight excluding hydrogens is 359 g/mol. The normalized spacial score (nSPS) is 43.2. The molecule has 4 aliphatic carbocycles. The van der Waals surface area contributed by atoms with E-state index in [1.165, 1.54) is 70.2 Å². The van der Waals surface area contributed by atoms with Crippen LogP contribution in [0.1, 0.15) is 77.7 Å². The molecule has 1 heterocycles. The van der Waals surface area contributed by atoms with Crippen LogP contribution >= 0.6 is 0 Å². The first-order chi connectivity index (χ1) is 13.9. The summed E-state index contributed by atoms with van der Waals surface area (Å²) in [6, 6.07) is 1.69. The molecule has 4 aliphatic rings. The number of halogens is 1. The van der Waals surface area contributed by atoms with E-state index in [4.69, 9.17) is 0 Å². The molecule has 5 rings (SSSR count). The summed E-state index contributed by atoms with van der Waals surface area (Å²) in [5.41, 5.74) is 7.68. The minimum atomic E-state index is -0.210. The van der Waals surface area contributed by atoms with Gasteiger partial charge >= 0.3 is 0 Å². The molecule has 1 aromatic heterocycles. The third-order valence-electron chi connectivity index (χ3n) is 9.52. The summed E-state index contributed by atoms with van der Waals surface area (Å²) in [7, 11) is 1.50. The predicted molar refractivity (Wildman–Crippen MR) is 119 cm³/mol. The van der Waals surface area contributed by atoms with E-state index in [1.54, 1.807) is 6.07 Å². The highest BCUT2D eigenvalue weighted by Crippen LogP contribution is 2.67. The third-order valence-corrected chi connectivity index (χ3v) is 9.52.